The first-order chi connectivity index (χ1) is 8.22. The molecular formula is C14H20FNS. The molecule has 1 saturated carbocycles. The van der Waals surface area contributed by atoms with Crippen LogP contribution >= 0.6 is 11.8 Å². The minimum atomic E-state index is -0.142. The lowest BCUT2D eigenvalue weighted by Crippen LogP contribution is -2.37. The quantitative estimate of drug-likeness (QED) is 0.831. The maximum Gasteiger partial charge on any atom is 0.123 e. The Hall–Kier alpha value is -0.540. The zero-order valence-corrected chi connectivity index (χ0v) is 11.2. The van der Waals surface area contributed by atoms with Gasteiger partial charge in [-0.25, -0.2) is 4.39 Å². The summed E-state index contributed by atoms with van der Waals surface area (Å²) in [5.41, 5.74) is 7.16. The van der Waals surface area contributed by atoms with Crippen molar-refractivity contribution in [3.8, 4) is 0 Å². The molecule has 1 fully saturated rings. The Morgan fingerprint density at radius 2 is 2.00 bits per heavy atom. The summed E-state index contributed by atoms with van der Waals surface area (Å²) in [6.45, 7) is 0.629. The minimum Gasteiger partial charge on any atom is -0.330 e. The summed E-state index contributed by atoms with van der Waals surface area (Å²) in [5, 5.41) is 0. The van der Waals surface area contributed by atoms with Gasteiger partial charge in [0, 0.05) is 16.9 Å². The summed E-state index contributed by atoms with van der Waals surface area (Å²) >= 11 is 1.69. The molecule has 94 valence electrons. The minimum absolute atomic E-state index is 0.0126. The molecule has 0 saturated heterocycles. The van der Waals surface area contributed by atoms with Crippen LogP contribution in [0, 0.1) is 5.82 Å². The van der Waals surface area contributed by atoms with E-state index in [4.69, 9.17) is 5.73 Å². The van der Waals surface area contributed by atoms with Gasteiger partial charge in [0.05, 0.1) is 0 Å². The summed E-state index contributed by atoms with van der Waals surface area (Å²) in [7, 11) is 0. The van der Waals surface area contributed by atoms with Crippen molar-refractivity contribution in [2.45, 2.75) is 42.4 Å². The molecule has 0 amide bonds. The molecule has 2 rings (SSSR count). The van der Waals surface area contributed by atoms with E-state index >= 15 is 0 Å². The molecule has 1 aliphatic rings. The van der Waals surface area contributed by atoms with Gasteiger partial charge >= 0.3 is 0 Å². The smallest absolute Gasteiger partial charge is 0.123 e. The van der Waals surface area contributed by atoms with Gasteiger partial charge in [0.25, 0.3) is 0 Å². The molecule has 0 aliphatic heterocycles. The number of hydrogen-bond acceptors (Lipinski definition) is 2. The molecule has 0 bridgehead atoms. The fraction of sp³-hybridized carbons (Fsp3) is 0.571. The molecule has 1 aromatic rings. The van der Waals surface area contributed by atoms with Crippen LogP contribution in [0.5, 0.6) is 0 Å². The van der Waals surface area contributed by atoms with Gasteiger partial charge in [0.15, 0.2) is 0 Å². The second-order valence-corrected chi connectivity index (χ2v) is 5.74. The van der Waals surface area contributed by atoms with Crippen LogP contribution in [0.3, 0.4) is 0 Å². The van der Waals surface area contributed by atoms with Crippen molar-refractivity contribution in [3.05, 3.63) is 29.6 Å². The van der Waals surface area contributed by atoms with Crippen LogP contribution in [0.15, 0.2) is 23.1 Å². The van der Waals surface area contributed by atoms with Crippen molar-refractivity contribution in [2.75, 3.05) is 12.8 Å². The van der Waals surface area contributed by atoms with E-state index in [2.05, 4.69) is 0 Å². The zero-order chi connectivity index (χ0) is 12.3. The predicted molar refractivity (Wildman–Crippen MR) is 72.0 cm³/mol. The lowest BCUT2D eigenvalue weighted by molar-refractivity contribution is 0.295. The number of nitrogens with two attached hydrogens (primary N) is 1. The van der Waals surface area contributed by atoms with Crippen molar-refractivity contribution in [2.24, 2.45) is 5.73 Å². The van der Waals surface area contributed by atoms with E-state index in [-0.39, 0.29) is 11.2 Å². The number of hydrogen-bond donors (Lipinski definition) is 1. The van der Waals surface area contributed by atoms with E-state index in [1.165, 1.54) is 24.2 Å². The highest BCUT2D eigenvalue weighted by atomic mass is 32.2. The topological polar surface area (TPSA) is 26.0 Å². The van der Waals surface area contributed by atoms with Crippen LogP contribution in [0.1, 0.15) is 37.7 Å². The third-order valence-corrected chi connectivity index (χ3v) is 4.73. The lowest BCUT2D eigenvalue weighted by Gasteiger charge is -2.38. The average molecular weight is 253 g/mol. The third-order valence-electron chi connectivity index (χ3n) is 3.93. The van der Waals surface area contributed by atoms with Gasteiger partial charge in [-0.05, 0) is 42.9 Å². The predicted octanol–water partition coefficient (Wildman–Crippen LogP) is 3.71. The molecule has 1 nitrogen and oxygen atoms in total. The number of benzene rings is 1. The lowest BCUT2D eigenvalue weighted by atomic mass is 9.69. The molecule has 3 heteroatoms. The van der Waals surface area contributed by atoms with Crippen LogP contribution in [-0.2, 0) is 5.41 Å². The first kappa shape index (κ1) is 12.9. The Morgan fingerprint density at radius 3 is 2.59 bits per heavy atom. The van der Waals surface area contributed by atoms with Crippen molar-refractivity contribution in [1.29, 1.82) is 0 Å². The summed E-state index contributed by atoms with van der Waals surface area (Å²) in [6.07, 6.45) is 7.94. The Balaban J connectivity index is 2.44. The zero-order valence-electron chi connectivity index (χ0n) is 10.3. The Bertz CT molecular complexity index is 386. The maximum atomic E-state index is 13.5. The summed E-state index contributed by atoms with van der Waals surface area (Å²) in [5.74, 6) is -0.142. The fourth-order valence-electron chi connectivity index (χ4n) is 2.91. The Morgan fingerprint density at radius 1 is 1.29 bits per heavy atom. The molecule has 1 aliphatic carbocycles. The number of rotatable bonds is 3. The van der Waals surface area contributed by atoms with Gasteiger partial charge in [0.2, 0.25) is 0 Å². The van der Waals surface area contributed by atoms with E-state index in [1.54, 1.807) is 23.9 Å². The summed E-state index contributed by atoms with van der Waals surface area (Å²) < 4.78 is 13.5. The van der Waals surface area contributed by atoms with E-state index in [0.29, 0.717) is 6.54 Å². The molecule has 0 spiro atoms. The standard InChI is InChI=1S/C14H20FNS/c1-17-13-6-5-11(15)9-12(13)14(10-16)7-3-2-4-8-14/h5-6,9H,2-4,7-8,10,16H2,1H3. The average Bonchev–Trinajstić information content (AvgIpc) is 2.39. The van der Waals surface area contributed by atoms with E-state index in [9.17, 15) is 4.39 Å². The van der Waals surface area contributed by atoms with Crippen LogP contribution in [0.4, 0.5) is 4.39 Å². The SMILES string of the molecule is CSc1ccc(F)cc1C1(CN)CCCCC1. The van der Waals surface area contributed by atoms with Crippen molar-refractivity contribution >= 4 is 11.8 Å². The fourth-order valence-corrected chi connectivity index (χ4v) is 3.61. The monoisotopic (exact) mass is 253 g/mol. The van der Waals surface area contributed by atoms with Gasteiger partial charge in [0.1, 0.15) is 5.82 Å². The number of thioether (sulfide) groups is 1. The van der Waals surface area contributed by atoms with Gasteiger partial charge < -0.3 is 5.73 Å². The molecule has 2 N–H and O–H groups in total. The molecule has 17 heavy (non-hydrogen) atoms. The van der Waals surface area contributed by atoms with E-state index in [0.717, 1.165) is 18.4 Å². The molecule has 0 heterocycles. The third kappa shape index (κ3) is 2.50. The molecular weight excluding hydrogens is 233 g/mol. The molecule has 0 radical (unpaired) electrons. The molecule has 0 atom stereocenters. The van der Waals surface area contributed by atoms with Crippen molar-refractivity contribution in [1.82, 2.24) is 0 Å². The van der Waals surface area contributed by atoms with E-state index < -0.39 is 0 Å². The molecule has 0 aromatic heterocycles. The number of halogens is 1. The van der Waals surface area contributed by atoms with Gasteiger partial charge in [-0.3, -0.25) is 0 Å². The van der Waals surface area contributed by atoms with Crippen molar-refractivity contribution < 1.29 is 4.39 Å². The van der Waals surface area contributed by atoms with Gasteiger partial charge in [-0.1, -0.05) is 19.3 Å². The highest BCUT2D eigenvalue weighted by Crippen LogP contribution is 2.42. The highest BCUT2D eigenvalue weighted by molar-refractivity contribution is 7.98. The van der Waals surface area contributed by atoms with Crippen molar-refractivity contribution in [3.63, 3.8) is 0 Å². The Labute approximate surface area is 107 Å². The van der Waals surface area contributed by atoms with Crippen LogP contribution in [-0.4, -0.2) is 12.8 Å². The largest absolute Gasteiger partial charge is 0.330 e. The van der Waals surface area contributed by atoms with Crippen LogP contribution in [0.25, 0.3) is 0 Å². The maximum absolute atomic E-state index is 13.5. The van der Waals surface area contributed by atoms with Gasteiger partial charge in [-0.2, -0.15) is 0 Å². The van der Waals surface area contributed by atoms with Crippen LogP contribution < -0.4 is 5.73 Å². The second kappa shape index (κ2) is 5.40. The summed E-state index contributed by atoms with van der Waals surface area (Å²) in [6, 6.07) is 5.13. The first-order valence-electron chi connectivity index (χ1n) is 6.26. The molecule has 0 unspecified atom stereocenters. The van der Waals surface area contributed by atoms with Gasteiger partial charge in [-0.15, -0.1) is 11.8 Å². The Kier molecular flexibility index (Phi) is 4.10. The van der Waals surface area contributed by atoms with E-state index in [1.807, 2.05) is 12.3 Å². The highest BCUT2D eigenvalue weighted by Gasteiger charge is 2.34. The van der Waals surface area contributed by atoms with Crippen LogP contribution in [0.2, 0.25) is 0 Å². The first-order valence-corrected chi connectivity index (χ1v) is 7.48. The molecule has 1 aromatic carbocycles. The summed E-state index contributed by atoms with van der Waals surface area (Å²) in [4.78, 5) is 1.18. The normalized spacial score (nSPS) is 19.2. The second-order valence-electron chi connectivity index (χ2n) is 4.89.